The number of benzene rings is 1. The number of fused-ring (bicyclic) bond motifs is 1. The van der Waals surface area contributed by atoms with Gasteiger partial charge in [0.1, 0.15) is 0 Å². The van der Waals surface area contributed by atoms with E-state index >= 15 is 0 Å². The normalized spacial score (nSPS) is 18.6. The number of anilines is 1. The first-order valence-corrected chi connectivity index (χ1v) is 10.2. The second-order valence-corrected chi connectivity index (χ2v) is 9.13. The van der Waals surface area contributed by atoms with Gasteiger partial charge in [-0.3, -0.25) is 14.6 Å². The fourth-order valence-electron chi connectivity index (χ4n) is 3.04. The zero-order valence-corrected chi connectivity index (χ0v) is 14.4. The van der Waals surface area contributed by atoms with Crippen LogP contribution in [0.5, 0.6) is 0 Å². The van der Waals surface area contributed by atoms with E-state index < -0.39 is 10.0 Å². The third kappa shape index (κ3) is 3.41. The lowest BCUT2D eigenvalue weighted by molar-refractivity contribution is 0.244. The second-order valence-electron chi connectivity index (χ2n) is 6.34. The molecule has 0 atom stereocenters. The monoisotopic (exact) mass is 349 g/mol. The Morgan fingerprint density at radius 3 is 2.91 bits per heavy atom. The van der Waals surface area contributed by atoms with E-state index in [4.69, 9.17) is 0 Å². The molecule has 1 aromatic carbocycles. The van der Waals surface area contributed by atoms with E-state index in [1.165, 1.54) is 42.2 Å². The predicted octanol–water partition coefficient (Wildman–Crippen LogP) is 2.71. The molecule has 4 rings (SSSR count). The van der Waals surface area contributed by atoms with Crippen LogP contribution in [0.25, 0.3) is 0 Å². The SMILES string of the molecule is O=S(=O)(Nc1ccc2c(c1)CCN(CC1CC1)C2)c1cncs1. The number of nitrogens with zero attached hydrogens (tertiary/aromatic N) is 2. The summed E-state index contributed by atoms with van der Waals surface area (Å²) in [6.45, 7) is 3.25. The summed E-state index contributed by atoms with van der Waals surface area (Å²) in [6.07, 6.45) is 5.11. The van der Waals surface area contributed by atoms with Gasteiger partial charge in [0.05, 0.1) is 11.7 Å². The van der Waals surface area contributed by atoms with Gasteiger partial charge in [0.2, 0.25) is 0 Å². The fourth-order valence-corrected chi connectivity index (χ4v) is 4.88. The molecular weight excluding hydrogens is 330 g/mol. The van der Waals surface area contributed by atoms with Gasteiger partial charge in [-0.05, 0) is 48.4 Å². The van der Waals surface area contributed by atoms with Crippen molar-refractivity contribution in [3.05, 3.63) is 41.0 Å². The molecule has 1 aromatic heterocycles. The van der Waals surface area contributed by atoms with E-state index in [-0.39, 0.29) is 4.21 Å². The Morgan fingerprint density at radius 1 is 1.30 bits per heavy atom. The van der Waals surface area contributed by atoms with Crippen molar-refractivity contribution >= 4 is 27.0 Å². The highest BCUT2D eigenvalue weighted by molar-refractivity contribution is 7.94. The number of rotatable bonds is 5. The summed E-state index contributed by atoms with van der Waals surface area (Å²) in [4.78, 5) is 6.35. The van der Waals surface area contributed by atoms with Crippen LogP contribution < -0.4 is 4.72 Å². The maximum atomic E-state index is 12.3. The number of nitrogens with one attached hydrogen (secondary N) is 1. The summed E-state index contributed by atoms with van der Waals surface area (Å²) >= 11 is 1.12. The molecular formula is C16H19N3O2S2. The van der Waals surface area contributed by atoms with Crippen LogP contribution in [0.2, 0.25) is 0 Å². The molecule has 1 fully saturated rings. The lowest BCUT2D eigenvalue weighted by Gasteiger charge is -2.29. The minimum atomic E-state index is -3.52. The molecule has 0 spiro atoms. The van der Waals surface area contributed by atoms with Gasteiger partial charge in [-0.15, -0.1) is 11.3 Å². The number of hydrogen-bond donors (Lipinski definition) is 1. The largest absolute Gasteiger partial charge is 0.298 e. The van der Waals surface area contributed by atoms with Crippen LogP contribution in [-0.2, 0) is 23.0 Å². The highest BCUT2D eigenvalue weighted by Gasteiger charge is 2.26. The Morgan fingerprint density at radius 2 is 2.17 bits per heavy atom. The third-order valence-corrected chi connectivity index (χ3v) is 7.09. The molecule has 122 valence electrons. The molecule has 1 saturated carbocycles. The van der Waals surface area contributed by atoms with Crippen molar-refractivity contribution in [3.8, 4) is 0 Å². The van der Waals surface area contributed by atoms with Crippen molar-refractivity contribution in [1.82, 2.24) is 9.88 Å². The summed E-state index contributed by atoms with van der Waals surface area (Å²) in [5.41, 5.74) is 4.72. The summed E-state index contributed by atoms with van der Waals surface area (Å²) < 4.78 is 27.4. The standard InChI is InChI=1S/C16H19N3O2S2/c20-23(21,16-8-17-11-22-16)18-15-4-3-14-10-19(9-12-1-2-12)6-5-13(14)7-15/h3-4,7-8,11-12,18H,1-2,5-6,9-10H2. The third-order valence-electron chi connectivity index (χ3n) is 4.44. The molecule has 0 amide bonds. The highest BCUT2D eigenvalue weighted by atomic mass is 32.2. The van der Waals surface area contributed by atoms with Crippen LogP contribution in [0.3, 0.4) is 0 Å². The minimum absolute atomic E-state index is 0.242. The molecule has 0 saturated heterocycles. The Labute approximate surface area is 140 Å². The second kappa shape index (κ2) is 5.89. The Kier molecular flexibility index (Phi) is 3.87. The molecule has 7 heteroatoms. The predicted molar refractivity (Wildman–Crippen MR) is 91.1 cm³/mol. The minimum Gasteiger partial charge on any atom is -0.298 e. The van der Waals surface area contributed by atoms with E-state index in [0.717, 1.165) is 36.8 Å². The number of hydrogen-bond acceptors (Lipinski definition) is 5. The first-order valence-electron chi connectivity index (χ1n) is 7.86. The maximum absolute atomic E-state index is 12.3. The average Bonchev–Trinajstić information content (AvgIpc) is 3.15. The summed E-state index contributed by atoms with van der Waals surface area (Å²) in [5.74, 6) is 0.905. The van der Waals surface area contributed by atoms with Crippen LogP contribution in [0.4, 0.5) is 5.69 Å². The molecule has 2 heterocycles. The molecule has 1 aliphatic heterocycles. The summed E-state index contributed by atoms with van der Waals surface area (Å²) in [7, 11) is -3.52. The number of aromatic nitrogens is 1. The average molecular weight is 349 g/mol. The molecule has 0 radical (unpaired) electrons. The lowest BCUT2D eigenvalue weighted by Crippen LogP contribution is -2.32. The Balaban J connectivity index is 1.49. The van der Waals surface area contributed by atoms with E-state index in [0.29, 0.717) is 5.69 Å². The Hall–Kier alpha value is -1.44. The van der Waals surface area contributed by atoms with Gasteiger partial charge >= 0.3 is 0 Å². The quantitative estimate of drug-likeness (QED) is 0.901. The van der Waals surface area contributed by atoms with Crippen LogP contribution in [0, 0.1) is 5.92 Å². The molecule has 1 N–H and O–H groups in total. The van der Waals surface area contributed by atoms with Crippen LogP contribution in [0.15, 0.2) is 34.1 Å². The van der Waals surface area contributed by atoms with Crippen molar-refractivity contribution in [3.63, 3.8) is 0 Å². The molecule has 1 aliphatic carbocycles. The zero-order chi connectivity index (χ0) is 15.9. The van der Waals surface area contributed by atoms with Crippen molar-refractivity contribution in [2.45, 2.75) is 30.0 Å². The van der Waals surface area contributed by atoms with Gasteiger partial charge in [-0.25, -0.2) is 8.42 Å². The van der Waals surface area contributed by atoms with Gasteiger partial charge in [-0.1, -0.05) is 6.07 Å². The molecule has 0 bridgehead atoms. The van der Waals surface area contributed by atoms with Gasteiger partial charge < -0.3 is 0 Å². The summed E-state index contributed by atoms with van der Waals surface area (Å²) in [5, 5.41) is 0. The smallest absolute Gasteiger partial charge is 0.273 e. The number of thiazole rings is 1. The van der Waals surface area contributed by atoms with Crippen LogP contribution in [-0.4, -0.2) is 31.4 Å². The van der Waals surface area contributed by atoms with E-state index in [1.54, 1.807) is 0 Å². The molecule has 2 aliphatic rings. The van der Waals surface area contributed by atoms with E-state index in [9.17, 15) is 8.42 Å². The van der Waals surface area contributed by atoms with Crippen molar-refractivity contribution < 1.29 is 8.42 Å². The Bertz CT molecular complexity index is 799. The molecule has 2 aromatic rings. The van der Waals surface area contributed by atoms with Gasteiger partial charge in [-0.2, -0.15) is 0 Å². The summed E-state index contributed by atoms with van der Waals surface area (Å²) in [6, 6.07) is 5.89. The lowest BCUT2D eigenvalue weighted by atomic mass is 9.99. The van der Waals surface area contributed by atoms with E-state index in [1.807, 2.05) is 12.1 Å². The molecule has 23 heavy (non-hydrogen) atoms. The molecule has 0 unspecified atom stereocenters. The highest BCUT2D eigenvalue weighted by Crippen LogP contribution is 2.32. The van der Waals surface area contributed by atoms with Crippen molar-refractivity contribution in [1.29, 1.82) is 0 Å². The van der Waals surface area contributed by atoms with Crippen LogP contribution >= 0.6 is 11.3 Å². The van der Waals surface area contributed by atoms with Gasteiger partial charge in [0.15, 0.2) is 4.21 Å². The van der Waals surface area contributed by atoms with Crippen LogP contribution in [0.1, 0.15) is 24.0 Å². The zero-order valence-electron chi connectivity index (χ0n) is 12.7. The first kappa shape index (κ1) is 15.1. The van der Waals surface area contributed by atoms with Crippen molar-refractivity contribution in [2.75, 3.05) is 17.8 Å². The van der Waals surface area contributed by atoms with Gasteiger partial charge in [0, 0.05) is 25.3 Å². The maximum Gasteiger partial charge on any atom is 0.273 e. The molecule has 5 nitrogen and oxygen atoms in total. The first-order chi connectivity index (χ1) is 11.1. The number of sulfonamides is 1. The van der Waals surface area contributed by atoms with Crippen molar-refractivity contribution in [2.24, 2.45) is 5.92 Å². The van der Waals surface area contributed by atoms with E-state index in [2.05, 4.69) is 20.7 Å². The fraction of sp³-hybridized carbons (Fsp3) is 0.438. The topological polar surface area (TPSA) is 62.3 Å². The van der Waals surface area contributed by atoms with Gasteiger partial charge in [0.25, 0.3) is 10.0 Å².